The number of nitrogens with one attached hydrogen (secondary N) is 2. The van der Waals surface area contributed by atoms with E-state index in [4.69, 9.17) is 0 Å². The van der Waals surface area contributed by atoms with Crippen LogP contribution in [0.25, 0.3) is 0 Å². The third kappa shape index (κ3) is 4.66. The van der Waals surface area contributed by atoms with Crippen LogP contribution in [0.1, 0.15) is 28.4 Å². The Kier molecular flexibility index (Phi) is 6.11. The summed E-state index contributed by atoms with van der Waals surface area (Å²) in [6.45, 7) is 4.23. The van der Waals surface area contributed by atoms with Crippen molar-refractivity contribution in [3.05, 3.63) is 65.2 Å². The second kappa shape index (κ2) is 8.08. The lowest BCUT2D eigenvalue weighted by Gasteiger charge is -2.09. The van der Waals surface area contributed by atoms with E-state index < -0.39 is 10.0 Å². The molecule has 0 aliphatic carbocycles. The highest BCUT2D eigenvalue weighted by atomic mass is 32.2. The van der Waals surface area contributed by atoms with Crippen molar-refractivity contribution in [2.75, 3.05) is 13.1 Å². The van der Waals surface area contributed by atoms with Gasteiger partial charge in [-0.05, 0) is 42.7 Å². The van der Waals surface area contributed by atoms with Crippen molar-refractivity contribution in [1.82, 2.24) is 10.0 Å². The fourth-order valence-electron chi connectivity index (χ4n) is 2.27. The zero-order valence-corrected chi connectivity index (χ0v) is 14.7. The summed E-state index contributed by atoms with van der Waals surface area (Å²) < 4.78 is 26.8. The van der Waals surface area contributed by atoms with Crippen molar-refractivity contribution in [2.24, 2.45) is 0 Å². The van der Waals surface area contributed by atoms with Crippen LogP contribution in [0.5, 0.6) is 0 Å². The van der Waals surface area contributed by atoms with Gasteiger partial charge in [0.05, 0.1) is 4.90 Å². The molecule has 0 fully saturated rings. The fraction of sp³-hybridized carbons (Fsp3) is 0.278. The summed E-state index contributed by atoms with van der Waals surface area (Å²) in [5, 5.41) is 2.72. The van der Waals surface area contributed by atoms with Crippen LogP contribution in [-0.4, -0.2) is 27.4 Å². The number of amides is 1. The summed E-state index contributed by atoms with van der Waals surface area (Å²) in [7, 11) is -3.56. The molecule has 0 saturated carbocycles. The highest BCUT2D eigenvalue weighted by Crippen LogP contribution is 2.10. The first kappa shape index (κ1) is 18.2. The van der Waals surface area contributed by atoms with Gasteiger partial charge in [0.25, 0.3) is 5.91 Å². The van der Waals surface area contributed by atoms with E-state index in [1.165, 1.54) is 0 Å². The van der Waals surface area contributed by atoms with E-state index >= 15 is 0 Å². The van der Waals surface area contributed by atoms with Crippen molar-refractivity contribution in [2.45, 2.75) is 25.2 Å². The van der Waals surface area contributed by atoms with Gasteiger partial charge in [0.1, 0.15) is 0 Å². The van der Waals surface area contributed by atoms with Crippen molar-refractivity contribution in [3.63, 3.8) is 0 Å². The Balaban J connectivity index is 1.87. The normalized spacial score (nSPS) is 11.2. The van der Waals surface area contributed by atoms with E-state index in [2.05, 4.69) is 10.0 Å². The van der Waals surface area contributed by atoms with E-state index in [1.54, 1.807) is 36.4 Å². The lowest BCUT2D eigenvalue weighted by molar-refractivity contribution is 0.0953. The Bertz CT molecular complexity index is 799. The van der Waals surface area contributed by atoms with Gasteiger partial charge in [-0.15, -0.1) is 0 Å². The molecule has 5 nitrogen and oxygen atoms in total. The Morgan fingerprint density at radius 3 is 2.29 bits per heavy atom. The Hall–Kier alpha value is -2.18. The first-order valence-corrected chi connectivity index (χ1v) is 9.35. The molecule has 0 aromatic heterocycles. The molecule has 24 heavy (non-hydrogen) atoms. The van der Waals surface area contributed by atoms with Gasteiger partial charge >= 0.3 is 0 Å². The predicted octanol–water partition coefficient (Wildman–Crippen LogP) is 2.27. The first-order valence-electron chi connectivity index (χ1n) is 7.86. The second-order valence-corrected chi connectivity index (χ2v) is 7.23. The van der Waals surface area contributed by atoms with Crippen molar-refractivity contribution < 1.29 is 13.2 Å². The summed E-state index contributed by atoms with van der Waals surface area (Å²) in [4.78, 5) is 12.3. The molecule has 1 amide bonds. The van der Waals surface area contributed by atoms with Gasteiger partial charge in [-0.3, -0.25) is 4.79 Å². The number of carbonyl (C=O) groups is 1. The number of sulfonamides is 1. The van der Waals surface area contributed by atoms with Crippen LogP contribution in [0.3, 0.4) is 0 Å². The molecular formula is C18H22N2O3S. The van der Waals surface area contributed by atoms with Crippen molar-refractivity contribution >= 4 is 15.9 Å². The lowest BCUT2D eigenvalue weighted by Crippen LogP contribution is -2.34. The van der Waals surface area contributed by atoms with Gasteiger partial charge in [0, 0.05) is 18.7 Å². The van der Waals surface area contributed by atoms with Gasteiger partial charge in [0.2, 0.25) is 10.0 Å². The molecule has 0 heterocycles. The number of carbonyl (C=O) groups excluding carboxylic acids is 1. The molecule has 0 atom stereocenters. The molecule has 2 N–H and O–H groups in total. The van der Waals surface area contributed by atoms with Crippen molar-refractivity contribution in [1.29, 1.82) is 0 Å². The maximum atomic E-state index is 12.2. The minimum absolute atomic E-state index is 0.134. The topological polar surface area (TPSA) is 75.3 Å². The Morgan fingerprint density at radius 1 is 1.00 bits per heavy atom. The summed E-state index contributed by atoms with van der Waals surface area (Å²) in [5.41, 5.74) is 2.56. The Labute approximate surface area is 143 Å². The van der Waals surface area contributed by atoms with E-state index in [0.717, 1.165) is 17.5 Å². The highest BCUT2D eigenvalue weighted by molar-refractivity contribution is 7.89. The zero-order chi connectivity index (χ0) is 17.6. The molecule has 128 valence electrons. The molecule has 0 spiro atoms. The van der Waals surface area contributed by atoms with Crippen molar-refractivity contribution in [3.8, 4) is 0 Å². The molecule has 6 heteroatoms. The summed E-state index contributed by atoms with van der Waals surface area (Å²) in [6, 6.07) is 14.0. The number of benzene rings is 2. The second-order valence-electron chi connectivity index (χ2n) is 5.47. The SMILES string of the molecule is CCc1ccc(S(=O)(=O)NCCNC(=O)c2ccccc2C)cc1. The third-order valence-electron chi connectivity index (χ3n) is 3.73. The molecule has 2 rings (SSSR count). The van der Waals surface area contributed by atoms with Gasteiger partial charge in [-0.25, -0.2) is 13.1 Å². The minimum Gasteiger partial charge on any atom is -0.351 e. The number of rotatable bonds is 7. The van der Waals surface area contributed by atoms with Gasteiger partial charge in [-0.1, -0.05) is 37.3 Å². The molecule has 2 aromatic carbocycles. The maximum absolute atomic E-state index is 12.2. The summed E-state index contributed by atoms with van der Waals surface area (Å²) in [5.74, 6) is -0.209. The molecule has 0 saturated heterocycles. The van der Waals surface area contributed by atoms with Gasteiger partial charge in [-0.2, -0.15) is 0 Å². The Morgan fingerprint density at radius 2 is 1.67 bits per heavy atom. The van der Waals surface area contributed by atoms with Gasteiger partial charge in [0.15, 0.2) is 0 Å². The average molecular weight is 346 g/mol. The average Bonchev–Trinajstić information content (AvgIpc) is 2.59. The van der Waals surface area contributed by atoms with Crippen LogP contribution in [0.15, 0.2) is 53.4 Å². The molecule has 0 aliphatic rings. The predicted molar refractivity (Wildman–Crippen MR) is 94.5 cm³/mol. The van der Waals surface area contributed by atoms with E-state index in [9.17, 15) is 13.2 Å². The number of hydrogen-bond acceptors (Lipinski definition) is 3. The molecular weight excluding hydrogens is 324 g/mol. The van der Waals surface area contributed by atoms with E-state index in [1.807, 2.05) is 26.0 Å². The maximum Gasteiger partial charge on any atom is 0.251 e. The van der Waals surface area contributed by atoms with Crippen LogP contribution in [0.2, 0.25) is 0 Å². The summed E-state index contributed by atoms with van der Waals surface area (Å²) >= 11 is 0. The quantitative estimate of drug-likeness (QED) is 0.755. The first-order chi connectivity index (χ1) is 11.4. The lowest BCUT2D eigenvalue weighted by atomic mass is 10.1. The van der Waals surface area contributed by atoms with Crippen LogP contribution in [-0.2, 0) is 16.4 Å². The van der Waals surface area contributed by atoms with Crippen LogP contribution < -0.4 is 10.0 Å². The van der Waals surface area contributed by atoms with Gasteiger partial charge < -0.3 is 5.32 Å². The zero-order valence-electron chi connectivity index (χ0n) is 13.9. The minimum atomic E-state index is -3.56. The molecule has 0 radical (unpaired) electrons. The molecule has 0 unspecified atom stereocenters. The number of aryl methyl sites for hydroxylation is 2. The monoisotopic (exact) mass is 346 g/mol. The third-order valence-corrected chi connectivity index (χ3v) is 5.21. The highest BCUT2D eigenvalue weighted by Gasteiger charge is 2.13. The molecule has 2 aromatic rings. The van der Waals surface area contributed by atoms with E-state index in [-0.39, 0.29) is 23.9 Å². The van der Waals surface area contributed by atoms with Crippen LogP contribution in [0.4, 0.5) is 0 Å². The van der Waals surface area contributed by atoms with E-state index in [0.29, 0.717) is 5.56 Å². The van der Waals surface area contributed by atoms with Crippen LogP contribution >= 0.6 is 0 Å². The van der Waals surface area contributed by atoms with Crippen LogP contribution in [0, 0.1) is 6.92 Å². The molecule has 0 bridgehead atoms. The number of hydrogen-bond donors (Lipinski definition) is 2. The smallest absolute Gasteiger partial charge is 0.251 e. The molecule has 0 aliphatic heterocycles. The fourth-order valence-corrected chi connectivity index (χ4v) is 3.30. The summed E-state index contributed by atoms with van der Waals surface area (Å²) in [6.07, 6.45) is 0.860. The standard InChI is InChI=1S/C18H22N2O3S/c1-3-15-8-10-16(11-9-15)24(22,23)20-13-12-19-18(21)17-7-5-4-6-14(17)2/h4-11,20H,3,12-13H2,1-2H3,(H,19,21). The largest absolute Gasteiger partial charge is 0.351 e.